The molecule has 3 nitrogen and oxygen atoms in total. The van der Waals surface area contributed by atoms with Gasteiger partial charge >= 0.3 is 0 Å². The molecule has 0 saturated carbocycles. The van der Waals surface area contributed by atoms with Crippen molar-refractivity contribution in [3.05, 3.63) is 65.7 Å². The molecule has 0 bridgehead atoms. The molecule has 2 N–H and O–H groups in total. The SMILES string of the molecule is CCN(CC)c1ccc(C2Nc3ccc(O)cc3C3C=CCC32)cc1. The van der Waals surface area contributed by atoms with E-state index < -0.39 is 0 Å². The Labute approximate surface area is 150 Å². The molecule has 4 rings (SSSR count). The van der Waals surface area contributed by atoms with Crippen LogP contribution in [0.25, 0.3) is 0 Å². The predicted molar refractivity (Wildman–Crippen MR) is 104 cm³/mol. The zero-order chi connectivity index (χ0) is 17.4. The van der Waals surface area contributed by atoms with E-state index in [0.717, 1.165) is 25.2 Å². The van der Waals surface area contributed by atoms with E-state index in [1.165, 1.54) is 16.8 Å². The Morgan fingerprint density at radius 1 is 1.08 bits per heavy atom. The third-order valence-electron chi connectivity index (χ3n) is 5.73. The molecule has 0 fully saturated rings. The maximum Gasteiger partial charge on any atom is 0.116 e. The van der Waals surface area contributed by atoms with Crippen LogP contribution in [0, 0.1) is 5.92 Å². The van der Waals surface area contributed by atoms with E-state index in [1.807, 2.05) is 12.1 Å². The number of phenols is 1. The first-order valence-corrected chi connectivity index (χ1v) is 9.32. The van der Waals surface area contributed by atoms with Crippen LogP contribution in [0.2, 0.25) is 0 Å². The Morgan fingerprint density at radius 2 is 1.84 bits per heavy atom. The molecular formula is C22H26N2O. The molecule has 1 aliphatic carbocycles. The summed E-state index contributed by atoms with van der Waals surface area (Å²) >= 11 is 0. The first kappa shape index (κ1) is 16.1. The number of anilines is 2. The summed E-state index contributed by atoms with van der Waals surface area (Å²) in [5.41, 5.74) is 4.99. The van der Waals surface area contributed by atoms with E-state index in [1.54, 1.807) is 6.07 Å². The van der Waals surface area contributed by atoms with Gasteiger partial charge in [-0.2, -0.15) is 0 Å². The summed E-state index contributed by atoms with van der Waals surface area (Å²) in [4.78, 5) is 2.37. The highest BCUT2D eigenvalue weighted by Crippen LogP contribution is 2.50. The lowest BCUT2D eigenvalue weighted by Crippen LogP contribution is -2.29. The summed E-state index contributed by atoms with van der Waals surface area (Å²) in [5, 5.41) is 13.6. The Balaban J connectivity index is 1.66. The molecule has 3 heteroatoms. The Morgan fingerprint density at radius 3 is 2.56 bits per heavy atom. The van der Waals surface area contributed by atoms with Crippen LogP contribution >= 0.6 is 0 Å². The smallest absolute Gasteiger partial charge is 0.116 e. The van der Waals surface area contributed by atoms with Crippen molar-refractivity contribution in [3.63, 3.8) is 0 Å². The van der Waals surface area contributed by atoms with E-state index >= 15 is 0 Å². The van der Waals surface area contributed by atoms with Crippen LogP contribution < -0.4 is 10.2 Å². The summed E-state index contributed by atoms with van der Waals surface area (Å²) in [6.07, 6.45) is 5.67. The normalized spacial score (nSPS) is 23.7. The quantitative estimate of drug-likeness (QED) is 0.605. The van der Waals surface area contributed by atoms with Gasteiger partial charge in [0.15, 0.2) is 0 Å². The largest absolute Gasteiger partial charge is 0.508 e. The van der Waals surface area contributed by atoms with Gasteiger partial charge in [0.2, 0.25) is 0 Å². The van der Waals surface area contributed by atoms with Crippen LogP contribution in [0.4, 0.5) is 11.4 Å². The van der Waals surface area contributed by atoms with Crippen LogP contribution in [-0.4, -0.2) is 18.2 Å². The molecule has 0 amide bonds. The second-order valence-electron chi connectivity index (χ2n) is 7.01. The van der Waals surface area contributed by atoms with Crippen LogP contribution in [0.15, 0.2) is 54.6 Å². The highest BCUT2D eigenvalue weighted by Gasteiger charge is 2.37. The molecule has 3 atom stereocenters. The van der Waals surface area contributed by atoms with Crippen molar-refractivity contribution in [2.45, 2.75) is 32.2 Å². The minimum absolute atomic E-state index is 0.308. The zero-order valence-corrected chi connectivity index (χ0v) is 14.9. The number of aromatic hydroxyl groups is 1. The first-order chi connectivity index (χ1) is 12.2. The van der Waals surface area contributed by atoms with Crippen molar-refractivity contribution < 1.29 is 5.11 Å². The standard InChI is InChI=1S/C22H26N2O/c1-3-24(4-2)16-10-8-15(9-11-16)22-19-7-5-6-18(19)20-14-17(25)12-13-21(20)23-22/h5-6,8-14,18-19,22-23,25H,3-4,7H2,1-2H3. The average Bonchev–Trinajstić information content (AvgIpc) is 3.13. The molecule has 2 aliphatic rings. The number of allylic oxidation sites excluding steroid dienone is 2. The fourth-order valence-corrected chi connectivity index (χ4v) is 4.39. The van der Waals surface area contributed by atoms with Gasteiger partial charge in [-0.25, -0.2) is 0 Å². The topological polar surface area (TPSA) is 35.5 Å². The van der Waals surface area contributed by atoms with E-state index in [9.17, 15) is 5.11 Å². The van der Waals surface area contributed by atoms with Gasteiger partial charge in [-0.05, 0) is 67.6 Å². The fourth-order valence-electron chi connectivity index (χ4n) is 4.39. The first-order valence-electron chi connectivity index (χ1n) is 9.32. The van der Waals surface area contributed by atoms with Crippen LogP contribution in [0.1, 0.15) is 43.4 Å². The highest BCUT2D eigenvalue weighted by molar-refractivity contribution is 5.62. The van der Waals surface area contributed by atoms with E-state index in [0.29, 0.717) is 23.6 Å². The number of rotatable bonds is 4. The third kappa shape index (κ3) is 2.78. The Bertz CT molecular complexity index is 777. The maximum absolute atomic E-state index is 9.86. The summed E-state index contributed by atoms with van der Waals surface area (Å²) < 4.78 is 0. The molecule has 2 aromatic rings. The molecule has 2 aromatic carbocycles. The lowest BCUT2D eigenvalue weighted by molar-refractivity contribution is 0.421. The van der Waals surface area contributed by atoms with Crippen molar-refractivity contribution >= 4 is 11.4 Å². The number of fused-ring (bicyclic) bond motifs is 3. The second-order valence-corrected chi connectivity index (χ2v) is 7.01. The van der Waals surface area contributed by atoms with Crippen molar-refractivity contribution in [2.24, 2.45) is 5.92 Å². The van der Waals surface area contributed by atoms with Gasteiger partial charge in [0.05, 0.1) is 6.04 Å². The fraction of sp³-hybridized carbons (Fsp3) is 0.364. The van der Waals surface area contributed by atoms with Gasteiger partial charge in [0.25, 0.3) is 0 Å². The third-order valence-corrected chi connectivity index (χ3v) is 5.73. The van der Waals surface area contributed by atoms with Gasteiger partial charge in [-0.1, -0.05) is 24.3 Å². The summed E-state index contributed by atoms with van der Waals surface area (Å²) in [6.45, 7) is 6.45. The number of hydrogen-bond acceptors (Lipinski definition) is 3. The van der Waals surface area contributed by atoms with Crippen LogP contribution in [0.3, 0.4) is 0 Å². The van der Waals surface area contributed by atoms with Gasteiger partial charge in [0.1, 0.15) is 5.75 Å². The summed E-state index contributed by atoms with van der Waals surface area (Å²) in [6, 6.07) is 15.0. The Hall–Kier alpha value is -2.42. The molecule has 3 unspecified atom stereocenters. The number of benzene rings is 2. The molecule has 25 heavy (non-hydrogen) atoms. The number of hydrogen-bond donors (Lipinski definition) is 2. The molecular weight excluding hydrogens is 308 g/mol. The van der Waals surface area contributed by atoms with Crippen molar-refractivity contribution in [1.82, 2.24) is 0 Å². The van der Waals surface area contributed by atoms with E-state index in [4.69, 9.17) is 0 Å². The lowest BCUT2D eigenvalue weighted by atomic mass is 9.77. The van der Waals surface area contributed by atoms with Crippen LogP contribution in [0.5, 0.6) is 5.75 Å². The summed E-state index contributed by atoms with van der Waals surface area (Å²) in [5.74, 6) is 1.24. The average molecular weight is 334 g/mol. The minimum Gasteiger partial charge on any atom is -0.508 e. The Kier molecular flexibility index (Phi) is 4.16. The van der Waals surface area contributed by atoms with Crippen molar-refractivity contribution in [2.75, 3.05) is 23.3 Å². The monoisotopic (exact) mass is 334 g/mol. The molecule has 130 valence electrons. The highest BCUT2D eigenvalue weighted by atomic mass is 16.3. The van der Waals surface area contributed by atoms with Crippen molar-refractivity contribution in [3.8, 4) is 5.75 Å². The zero-order valence-electron chi connectivity index (χ0n) is 14.9. The van der Waals surface area contributed by atoms with Gasteiger partial charge < -0.3 is 15.3 Å². The predicted octanol–water partition coefficient (Wildman–Crippen LogP) is 5.06. The second kappa shape index (κ2) is 6.47. The minimum atomic E-state index is 0.308. The molecule has 0 spiro atoms. The van der Waals surface area contributed by atoms with Crippen LogP contribution in [-0.2, 0) is 0 Å². The molecule has 1 heterocycles. The molecule has 0 saturated heterocycles. The molecule has 1 aliphatic heterocycles. The number of nitrogens with zero attached hydrogens (tertiary/aromatic N) is 1. The lowest BCUT2D eigenvalue weighted by Gasteiger charge is -2.37. The van der Waals surface area contributed by atoms with E-state index in [-0.39, 0.29) is 0 Å². The van der Waals surface area contributed by atoms with E-state index in [2.05, 4.69) is 60.5 Å². The molecule has 0 radical (unpaired) electrons. The molecule has 0 aromatic heterocycles. The van der Waals surface area contributed by atoms with Gasteiger partial charge in [0, 0.05) is 30.4 Å². The van der Waals surface area contributed by atoms with Crippen molar-refractivity contribution in [1.29, 1.82) is 0 Å². The maximum atomic E-state index is 9.86. The number of phenolic OH excluding ortho intramolecular Hbond substituents is 1. The summed E-state index contributed by atoms with van der Waals surface area (Å²) in [7, 11) is 0. The number of nitrogens with one attached hydrogen (secondary N) is 1. The van der Waals surface area contributed by atoms with Gasteiger partial charge in [-0.15, -0.1) is 0 Å². The van der Waals surface area contributed by atoms with Gasteiger partial charge in [-0.3, -0.25) is 0 Å².